The molecule has 2 N–H and O–H groups in total. The van der Waals surface area contributed by atoms with Crippen LogP contribution in [0.2, 0.25) is 0 Å². The number of amides is 2. The van der Waals surface area contributed by atoms with Gasteiger partial charge in [-0.25, -0.2) is 10.3 Å². The number of hydrogen-bond donors (Lipinski definition) is 2. The zero-order valence-corrected chi connectivity index (χ0v) is 6.39. The van der Waals surface area contributed by atoms with Crippen LogP contribution in [0.15, 0.2) is 0 Å². The summed E-state index contributed by atoms with van der Waals surface area (Å²) < 4.78 is 0. The van der Waals surface area contributed by atoms with E-state index < -0.39 is 0 Å². The molecule has 0 saturated carbocycles. The van der Waals surface area contributed by atoms with Gasteiger partial charge in [-0.05, 0) is 6.42 Å². The molecular weight excluding hydrogens is 146 g/mol. The van der Waals surface area contributed by atoms with Gasteiger partial charge >= 0.3 is 6.03 Å². The monoisotopic (exact) mass is 157 g/mol. The van der Waals surface area contributed by atoms with E-state index in [-0.39, 0.29) is 6.03 Å². The molecule has 0 radical (unpaired) electrons. The fourth-order valence-corrected chi connectivity index (χ4v) is 0.498. The maximum absolute atomic E-state index is 10.6. The third-order valence-corrected chi connectivity index (χ3v) is 0.946. The molecule has 5 heteroatoms. The van der Waals surface area contributed by atoms with Crippen LogP contribution in [0.25, 0.3) is 0 Å². The predicted octanol–water partition coefficient (Wildman–Crippen LogP) is 0.151. The van der Waals surface area contributed by atoms with E-state index in [1.165, 1.54) is 7.11 Å². The number of hydroxylamine groups is 1. The second-order valence-electron chi connectivity index (χ2n) is 1.82. The maximum Gasteiger partial charge on any atom is 0.338 e. The van der Waals surface area contributed by atoms with E-state index in [2.05, 4.69) is 15.6 Å². The molecule has 0 atom stereocenters. The van der Waals surface area contributed by atoms with E-state index in [0.717, 1.165) is 0 Å². The number of carbonyl (C=O) groups excluding carboxylic acids is 1. The molecule has 0 aromatic rings. The van der Waals surface area contributed by atoms with E-state index >= 15 is 0 Å². The Morgan fingerprint density at radius 1 is 1.73 bits per heavy atom. The molecule has 62 valence electrons. The van der Waals surface area contributed by atoms with Crippen molar-refractivity contribution < 1.29 is 9.63 Å². The maximum atomic E-state index is 10.6. The number of nitrogens with zero attached hydrogens (tertiary/aromatic N) is 1. The second-order valence-corrected chi connectivity index (χ2v) is 1.82. The Morgan fingerprint density at radius 3 is 3.00 bits per heavy atom. The summed E-state index contributed by atoms with van der Waals surface area (Å²) in [6, 6.07) is 1.59. The van der Waals surface area contributed by atoms with Crippen LogP contribution in [0.3, 0.4) is 0 Å². The Labute approximate surface area is 65.3 Å². The van der Waals surface area contributed by atoms with E-state index in [9.17, 15) is 4.79 Å². The van der Waals surface area contributed by atoms with Gasteiger partial charge in [-0.1, -0.05) is 0 Å². The molecule has 0 rings (SSSR count). The van der Waals surface area contributed by atoms with Crippen molar-refractivity contribution in [2.75, 3.05) is 13.7 Å². The largest absolute Gasteiger partial charge is 0.338 e. The van der Waals surface area contributed by atoms with E-state index in [0.29, 0.717) is 19.4 Å². The van der Waals surface area contributed by atoms with Gasteiger partial charge in [-0.3, -0.25) is 4.84 Å². The molecule has 0 aliphatic heterocycles. The van der Waals surface area contributed by atoms with Crippen molar-refractivity contribution >= 4 is 6.03 Å². The van der Waals surface area contributed by atoms with Crippen molar-refractivity contribution in [2.24, 2.45) is 0 Å². The summed E-state index contributed by atoms with van der Waals surface area (Å²) in [5.41, 5.74) is 2.09. The predicted molar refractivity (Wildman–Crippen MR) is 38.4 cm³/mol. The summed E-state index contributed by atoms with van der Waals surface area (Å²) in [5, 5.41) is 10.6. The molecule has 0 aliphatic rings. The highest BCUT2D eigenvalue weighted by Gasteiger charge is 1.95. The quantitative estimate of drug-likeness (QED) is 0.450. The first kappa shape index (κ1) is 9.72. The minimum atomic E-state index is -0.384. The van der Waals surface area contributed by atoms with Gasteiger partial charge in [-0.15, -0.1) is 0 Å². The average Bonchev–Trinajstić information content (AvgIpc) is 1.99. The van der Waals surface area contributed by atoms with Crippen LogP contribution in [0.5, 0.6) is 0 Å². The molecular formula is C6H11N3O2. The number of nitrogens with one attached hydrogen (secondary N) is 2. The molecule has 11 heavy (non-hydrogen) atoms. The number of unbranched alkanes of at least 4 members (excludes halogenated alkanes) is 1. The van der Waals surface area contributed by atoms with Gasteiger partial charge in [0.25, 0.3) is 0 Å². The fraction of sp³-hybridized carbons (Fsp3) is 0.667. The van der Waals surface area contributed by atoms with Crippen molar-refractivity contribution in [1.29, 1.82) is 5.26 Å². The van der Waals surface area contributed by atoms with Crippen molar-refractivity contribution in [3.63, 3.8) is 0 Å². The molecule has 0 saturated heterocycles. The molecule has 0 bridgehead atoms. The summed E-state index contributed by atoms with van der Waals surface area (Å²) >= 11 is 0. The summed E-state index contributed by atoms with van der Waals surface area (Å²) in [5.74, 6) is 0. The summed E-state index contributed by atoms with van der Waals surface area (Å²) in [6.45, 7) is 0.489. The first-order valence-electron chi connectivity index (χ1n) is 3.25. The summed E-state index contributed by atoms with van der Waals surface area (Å²) in [6.07, 6.45) is 1.11. The summed E-state index contributed by atoms with van der Waals surface area (Å²) in [4.78, 5) is 14.9. The van der Waals surface area contributed by atoms with Gasteiger partial charge in [0.1, 0.15) is 0 Å². The zero-order valence-electron chi connectivity index (χ0n) is 6.39. The van der Waals surface area contributed by atoms with Gasteiger partial charge in [-0.2, -0.15) is 5.26 Å². The molecule has 5 nitrogen and oxygen atoms in total. The first-order chi connectivity index (χ1) is 5.31. The number of nitriles is 1. The Hall–Kier alpha value is -1.28. The first-order valence-corrected chi connectivity index (χ1v) is 3.25. The van der Waals surface area contributed by atoms with Crippen molar-refractivity contribution in [3.05, 3.63) is 0 Å². The third kappa shape index (κ3) is 6.61. The van der Waals surface area contributed by atoms with Crippen molar-refractivity contribution in [2.45, 2.75) is 12.8 Å². The number of carbonyl (C=O) groups is 1. The Morgan fingerprint density at radius 2 is 2.45 bits per heavy atom. The second kappa shape index (κ2) is 6.83. The molecule has 0 spiro atoms. The standard InChI is InChI=1S/C6H11N3O2/c1-11-9-6(10)8-5-3-2-4-7/h2-3,5H2,1H3,(H2,8,9,10). The Bertz CT molecular complexity index is 152. The smallest absolute Gasteiger partial charge is 0.336 e. The van der Waals surface area contributed by atoms with E-state index in [1.54, 1.807) is 0 Å². The number of urea groups is 1. The zero-order chi connectivity index (χ0) is 8.53. The van der Waals surface area contributed by atoms with Crippen LogP contribution in [0.1, 0.15) is 12.8 Å². The van der Waals surface area contributed by atoms with Gasteiger partial charge in [0, 0.05) is 13.0 Å². The number of rotatable bonds is 4. The van der Waals surface area contributed by atoms with Crippen LogP contribution >= 0.6 is 0 Å². The van der Waals surface area contributed by atoms with Gasteiger partial charge in [0.2, 0.25) is 0 Å². The highest BCUT2D eigenvalue weighted by Crippen LogP contribution is 1.81. The van der Waals surface area contributed by atoms with E-state index in [4.69, 9.17) is 5.26 Å². The SMILES string of the molecule is CONC(=O)NCCCC#N. The van der Waals surface area contributed by atoms with Crippen LogP contribution < -0.4 is 10.8 Å². The molecule has 0 aromatic heterocycles. The third-order valence-electron chi connectivity index (χ3n) is 0.946. The van der Waals surface area contributed by atoms with Crippen molar-refractivity contribution in [3.8, 4) is 6.07 Å². The van der Waals surface area contributed by atoms with Gasteiger partial charge in [0.05, 0.1) is 13.2 Å². The molecule has 0 unspecified atom stereocenters. The fourth-order valence-electron chi connectivity index (χ4n) is 0.498. The average molecular weight is 157 g/mol. The lowest BCUT2D eigenvalue weighted by Crippen LogP contribution is -2.35. The number of hydrogen-bond acceptors (Lipinski definition) is 3. The van der Waals surface area contributed by atoms with Gasteiger partial charge < -0.3 is 5.32 Å². The highest BCUT2D eigenvalue weighted by molar-refractivity contribution is 5.72. The van der Waals surface area contributed by atoms with Crippen LogP contribution in [-0.2, 0) is 4.84 Å². The van der Waals surface area contributed by atoms with Crippen LogP contribution in [0, 0.1) is 11.3 Å². The van der Waals surface area contributed by atoms with Crippen LogP contribution in [-0.4, -0.2) is 19.7 Å². The van der Waals surface area contributed by atoms with E-state index in [1.807, 2.05) is 6.07 Å². The van der Waals surface area contributed by atoms with Gasteiger partial charge in [0.15, 0.2) is 0 Å². The summed E-state index contributed by atoms with van der Waals surface area (Å²) in [7, 11) is 1.36. The lowest BCUT2D eigenvalue weighted by molar-refractivity contribution is 0.107. The molecule has 0 aliphatic carbocycles. The minimum Gasteiger partial charge on any atom is -0.336 e. The normalized spacial score (nSPS) is 8.36. The molecule has 0 aromatic carbocycles. The molecule has 0 fully saturated rings. The van der Waals surface area contributed by atoms with Crippen molar-refractivity contribution in [1.82, 2.24) is 10.8 Å². The lowest BCUT2D eigenvalue weighted by atomic mass is 10.3. The molecule has 0 heterocycles. The van der Waals surface area contributed by atoms with Crippen LogP contribution in [0.4, 0.5) is 4.79 Å². The topological polar surface area (TPSA) is 74.2 Å². The molecule has 2 amide bonds. The lowest BCUT2D eigenvalue weighted by Gasteiger charge is -2.02. The Kier molecular flexibility index (Phi) is 6.04. The Balaban J connectivity index is 3.12. The minimum absolute atomic E-state index is 0.384. The highest BCUT2D eigenvalue weighted by atomic mass is 16.6.